The van der Waals surface area contributed by atoms with Gasteiger partial charge in [-0.25, -0.2) is 0 Å². The maximum atomic E-state index is 12.3. The number of ether oxygens (including phenoxy) is 1. The highest BCUT2D eigenvalue weighted by Crippen LogP contribution is 2.24. The van der Waals surface area contributed by atoms with Gasteiger partial charge in [0, 0.05) is 0 Å². The van der Waals surface area contributed by atoms with Gasteiger partial charge in [-0.1, -0.05) is 44.9 Å². The zero-order valence-corrected chi connectivity index (χ0v) is 14.1. The zero-order valence-electron chi connectivity index (χ0n) is 13.2. The van der Waals surface area contributed by atoms with Gasteiger partial charge in [0.2, 0.25) is 0 Å². The third-order valence-electron chi connectivity index (χ3n) is 4.28. The van der Waals surface area contributed by atoms with Crippen molar-refractivity contribution in [1.29, 1.82) is 0 Å². The van der Waals surface area contributed by atoms with Gasteiger partial charge in [0.15, 0.2) is 0 Å². The van der Waals surface area contributed by atoms with Crippen LogP contribution in [0.3, 0.4) is 0 Å². The summed E-state index contributed by atoms with van der Waals surface area (Å²) in [5, 5.41) is 0. The van der Waals surface area contributed by atoms with Crippen molar-refractivity contribution in [2.24, 2.45) is 5.92 Å². The molecule has 0 saturated heterocycles. The van der Waals surface area contributed by atoms with Crippen LogP contribution in [0.1, 0.15) is 57.8 Å². The second-order valence-electron chi connectivity index (χ2n) is 6.12. The van der Waals surface area contributed by atoms with Crippen LogP contribution in [0.15, 0.2) is 29.2 Å². The van der Waals surface area contributed by atoms with Gasteiger partial charge in [0.05, 0.1) is 10.8 Å². The quantitative estimate of drug-likeness (QED) is 0.511. The SMILES string of the molecule is O=C(Oc1ccc(S(=O)(=O)O)cc1)C1CCCCCCCCC1. The normalized spacial score (nSPS) is 18.3. The minimum absolute atomic E-state index is 0.0886. The third kappa shape index (κ3) is 5.95. The third-order valence-corrected chi connectivity index (χ3v) is 5.15. The van der Waals surface area contributed by atoms with E-state index in [0.29, 0.717) is 5.75 Å². The van der Waals surface area contributed by atoms with Crippen LogP contribution in [0.4, 0.5) is 0 Å². The van der Waals surface area contributed by atoms with Gasteiger partial charge in [-0.05, 0) is 37.1 Å². The average molecular weight is 340 g/mol. The first-order chi connectivity index (χ1) is 11.0. The van der Waals surface area contributed by atoms with Crippen molar-refractivity contribution in [3.05, 3.63) is 24.3 Å². The fraction of sp³-hybridized carbons (Fsp3) is 0.588. The molecule has 0 amide bonds. The zero-order chi connectivity index (χ0) is 16.7. The van der Waals surface area contributed by atoms with Gasteiger partial charge < -0.3 is 4.74 Å². The summed E-state index contributed by atoms with van der Waals surface area (Å²) >= 11 is 0. The van der Waals surface area contributed by atoms with Crippen LogP contribution in [-0.4, -0.2) is 18.9 Å². The molecule has 1 aromatic carbocycles. The summed E-state index contributed by atoms with van der Waals surface area (Å²) in [5.41, 5.74) is 0. The number of benzene rings is 1. The van der Waals surface area contributed by atoms with E-state index in [1.807, 2.05) is 0 Å². The molecular formula is C17H24O5S. The number of hydrogen-bond acceptors (Lipinski definition) is 4. The lowest BCUT2D eigenvalue weighted by molar-refractivity contribution is -0.139. The lowest BCUT2D eigenvalue weighted by Crippen LogP contribution is -2.21. The maximum Gasteiger partial charge on any atom is 0.314 e. The van der Waals surface area contributed by atoms with Crippen LogP contribution in [0, 0.1) is 5.92 Å². The number of hydrogen-bond donors (Lipinski definition) is 1. The van der Waals surface area contributed by atoms with E-state index in [1.165, 1.54) is 43.5 Å². The lowest BCUT2D eigenvalue weighted by atomic mass is 9.92. The smallest absolute Gasteiger partial charge is 0.314 e. The minimum Gasteiger partial charge on any atom is -0.426 e. The minimum atomic E-state index is -4.23. The first kappa shape index (κ1) is 17.9. The highest BCUT2D eigenvalue weighted by atomic mass is 32.2. The first-order valence-corrected chi connectivity index (χ1v) is 9.70. The van der Waals surface area contributed by atoms with Crippen molar-refractivity contribution in [2.75, 3.05) is 0 Å². The summed E-state index contributed by atoms with van der Waals surface area (Å²) < 4.78 is 36.3. The number of carbonyl (C=O) groups excluding carboxylic acids is 1. The van der Waals surface area contributed by atoms with Crippen molar-refractivity contribution < 1.29 is 22.5 Å². The Balaban J connectivity index is 1.96. The van der Waals surface area contributed by atoms with Gasteiger partial charge in [-0.2, -0.15) is 8.42 Å². The molecule has 0 heterocycles. The van der Waals surface area contributed by atoms with Crippen molar-refractivity contribution in [1.82, 2.24) is 0 Å². The summed E-state index contributed by atoms with van der Waals surface area (Å²) in [6, 6.07) is 5.24. The lowest BCUT2D eigenvalue weighted by Gasteiger charge is -2.17. The molecule has 5 nitrogen and oxygen atoms in total. The van der Waals surface area contributed by atoms with E-state index in [1.54, 1.807) is 0 Å². The topological polar surface area (TPSA) is 80.7 Å². The van der Waals surface area contributed by atoms with Gasteiger partial charge in [0.1, 0.15) is 5.75 Å². The van der Waals surface area contributed by atoms with E-state index in [0.717, 1.165) is 38.5 Å². The largest absolute Gasteiger partial charge is 0.426 e. The van der Waals surface area contributed by atoms with E-state index in [2.05, 4.69) is 0 Å². The van der Waals surface area contributed by atoms with Crippen LogP contribution in [0.25, 0.3) is 0 Å². The van der Waals surface area contributed by atoms with Crippen molar-refractivity contribution in [3.8, 4) is 5.75 Å². The van der Waals surface area contributed by atoms with E-state index in [-0.39, 0.29) is 16.8 Å². The molecule has 0 aliphatic heterocycles. The van der Waals surface area contributed by atoms with Crippen LogP contribution in [0.2, 0.25) is 0 Å². The molecule has 1 aliphatic carbocycles. The molecule has 1 N–H and O–H groups in total. The van der Waals surface area contributed by atoms with Crippen molar-refractivity contribution in [2.45, 2.75) is 62.7 Å². The molecule has 6 heteroatoms. The maximum absolute atomic E-state index is 12.3. The Hall–Kier alpha value is -1.40. The fourth-order valence-electron chi connectivity index (χ4n) is 2.92. The molecular weight excluding hydrogens is 316 g/mol. The molecule has 1 fully saturated rings. The Labute approximate surface area is 137 Å². The molecule has 0 bridgehead atoms. The fourth-order valence-corrected chi connectivity index (χ4v) is 3.40. The molecule has 128 valence electrons. The van der Waals surface area contributed by atoms with Crippen molar-refractivity contribution >= 4 is 16.1 Å². The molecule has 0 atom stereocenters. The summed E-state index contributed by atoms with van der Waals surface area (Å²) in [4.78, 5) is 12.1. The number of esters is 1. The number of rotatable bonds is 3. The second kappa shape index (κ2) is 8.45. The highest BCUT2D eigenvalue weighted by molar-refractivity contribution is 7.85. The second-order valence-corrected chi connectivity index (χ2v) is 7.54. The molecule has 0 aromatic heterocycles. The highest BCUT2D eigenvalue weighted by Gasteiger charge is 2.21. The Morgan fingerprint density at radius 3 is 1.87 bits per heavy atom. The predicted octanol–water partition coefficient (Wildman–Crippen LogP) is 3.98. The van der Waals surface area contributed by atoms with Gasteiger partial charge in [-0.15, -0.1) is 0 Å². The summed E-state index contributed by atoms with van der Waals surface area (Å²) in [6.07, 6.45) is 9.86. The monoisotopic (exact) mass is 340 g/mol. The molecule has 1 saturated carbocycles. The molecule has 1 aromatic rings. The van der Waals surface area contributed by atoms with Gasteiger partial charge in [0.25, 0.3) is 10.1 Å². The van der Waals surface area contributed by atoms with Gasteiger partial charge >= 0.3 is 5.97 Å². The van der Waals surface area contributed by atoms with E-state index in [4.69, 9.17) is 9.29 Å². The Morgan fingerprint density at radius 2 is 1.39 bits per heavy atom. The summed E-state index contributed by atoms with van der Waals surface area (Å²) in [5.74, 6) is -0.0287. The molecule has 0 radical (unpaired) electrons. The van der Waals surface area contributed by atoms with E-state index in [9.17, 15) is 13.2 Å². The van der Waals surface area contributed by atoms with E-state index < -0.39 is 10.1 Å². The Bertz CT molecular complexity index is 596. The Kier molecular flexibility index (Phi) is 6.59. The van der Waals surface area contributed by atoms with Gasteiger partial charge in [-0.3, -0.25) is 9.35 Å². The summed E-state index contributed by atoms with van der Waals surface area (Å²) in [7, 11) is -4.23. The van der Waals surface area contributed by atoms with Crippen LogP contribution >= 0.6 is 0 Å². The molecule has 0 unspecified atom stereocenters. The molecule has 0 spiro atoms. The Morgan fingerprint density at radius 1 is 0.913 bits per heavy atom. The summed E-state index contributed by atoms with van der Waals surface area (Å²) in [6.45, 7) is 0. The molecule has 2 rings (SSSR count). The number of carbonyl (C=O) groups is 1. The average Bonchev–Trinajstić information content (AvgIpc) is 2.52. The van der Waals surface area contributed by atoms with Crippen molar-refractivity contribution in [3.63, 3.8) is 0 Å². The molecule has 1 aliphatic rings. The van der Waals surface area contributed by atoms with E-state index >= 15 is 0 Å². The standard InChI is InChI=1S/C17H24O5S/c18-17(14-8-6-4-2-1-3-5-7-9-14)22-15-10-12-16(13-11-15)23(19,20)21/h10-14H,1-9H2,(H,19,20,21). The predicted molar refractivity (Wildman–Crippen MR) is 86.9 cm³/mol. The van der Waals surface area contributed by atoms with Crippen LogP contribution < -0.4 is 4.74 Å². The van der Waals surface area contributed by atoms with Crippen LogP contribution in [0.5, 0.6) is 5.75 Å². The molecule has 23 heavy (non-hydrogen) atoms. The first-order valence-electron chi connectivity index (χ1n) is 8.26. The van der Waals surface area contributed by atoms with Crippen LogP contribution in [-0.2, 0) is 14.9 Å².